The fraction of sp³-hybridized carbons (Fsp3) is 0.118. The molecular weight excluding hydrogens is 328 g/mol. The van der Waals surface area contributed by atoms with Crippen LogP contribution < -0.4 is 10.1 Å². The zero-order valence-electron chi connectivity index (χ0n) is 12.9. The van der Waals surface area contributed by atoms with Crippen molar-refractivity contribution in [2.75, 3.05) is 5.32 Å². The summed E-state index contributed by atoms with van der Waals surface area (Å²) in [6.45, 7) is 0.320. The number of carbonyl (C=O) groups excluding carboxylic acids is 1. The molecular formula is C17H15ClN4O2. The largest absolute Gasteiger partial charge is 0.485 e. The molecule has 0 saturated carbocycles. The minimum absolute atomic E-state index is 0.304. The van der Waals surface area contributed by atoms with E-state index < -0.39 is 0 Å². The number of hydrogen-bond acceptors (Lipinski definition) is 4. The average Bonchev–Trinajstić information content (AvgIpc) is 3.00. The summed E-state index contributed by atoms with van der Waals surface area (Å²) in [7, 11) is 1.70. The highest BCUT2D eigenvalue weighted by Gasteiger charge is 2.13. The van der Waals surface area contributed by atoms with Crippen molar-refractivity contribution in [3.05, 3.63) is 71.1 Å². The Balaban J connectivity index is 1.73. The zero-order chi connectivity index (χ0) is 16.9. The Morgan fingerprint density at radius 2 is 2.12 bits per heavy atom. The van der Waals surface area contributed by atoms with Crippen molar-refractivity contribution in [1.82, 2.24) is 14.8 Å². The van der Waals surface area contributed by atoms with Gasteiger partial charge in [0.1, 0.15) is 12.3 Å². The Bertz CT molecular complexity index is 863. The van der Waals surface area contributed by atoms with Gasteiger partial charge < -0.3 is 10.1 Å². The Labute approximate surface area is 144 Å². The van der Waals surface area contributed by atoms with Crippen LogP contribution in [0.1, 0.15) is 16.1 Å². The van der Waals surface area contributed by atoms with E-state index in [1.54, 1.807) is 43.7 Å². The van der Waals surface area contributed by atoms with Crippen molar-refractivity contribution in [3.8, 4) is 5.75 Å². The fourth-order valence-electron chi connectivity index (χ4n) is 2.16. The molecule has 1 amide bonds. The Morgan fingerprint density at radius 1 is 1.25 bits per heavy atom. The van der Waals surface area contributed by atoms with Crippen molar-refractivity contribution in [2.24, 2.45) is 7.05 Å². The second kappa shape index (κ2) is 7.14. The summed E-state index contributed by atoms with van der Waals surface area (Å²) in [5.41, 5.74) is 1.36. The predicted molar refractivity (Wildman–Crippen MR) is 91.2 cm³/mol. The smallest absolute Gasteiger partial charge is 0.275 e. The van der Waals surface area contributed by atoms with Crippen LogP contribution in [0.5, 0.6) is 5.75 Å². The van der Waals surface area contributed by atoms with Crippen LogP contribution in [0, 0.1) is 0 Å². The lowest BCUT2D eigenvalue weighted by molar-refractivity contribution is 0.101. The van der Waals surface area contributed by atoms with E-state index in [1.807, 2.05) is 18.2 Å². The molecule has 122 valence electrons. The number of halogens is 1. The molecule has 0 aliphatic rings. The summed E-state index contributed by atoms with van der Waals surface area (Å²) in [5, 5.41) is 7.36. The number of nitrogens with one attached hydrogen (secondary N) is 1. The molecule has 6 nitrogen and oxygen atoms in total. The topological polar surface area (TPSA) is 69.0 Å². The maximum Gasteiger partial charge on any atom is 0.275 e. The molecule has 0 aliphatic carbocycles. The number of carbonyl (C=O) groups is 1. The lowest BCUT2D eigenvalue weighted by Crippen LogP contribution is -2.17. The third-order valence-corrected chi connectivity index (χ3v) is 3.57. The third-order valence-electron chi connectivity index (χ3n) is 3.34. The molecule has 0 fully saturated rings. The summed E-state index contributed by atoms with van der Waals surface area (Å²) >= 11 is 5.97. The molecule has 0 saturated heterocycles. The molecule has 2 heterocycles. The van der Waals surface area contributed by atoms with Gasteiger partial charge in [-0.05, 0) is 35.9 Å². The minimum atomic E-state index is -0.304. The monoisotopic (exact) mass is 342 g/mol. The van der Waals surface area contributed by atoms with Gasteiger partial charge in [-0.3, -0.25) is 9.48 Å². The molecule has 24 heavy (non-hydrogen) atoms. The highest BCUT2D eigenvalue weighted by molar-refractivity contribution is 6.30. The van der Waals surface area contributed by atoms with Crippen LogP contribution in [0.3, 0.4) is 0 Å². The molecule has 1 N–H and O–H groups in total. The van der Waals surface area contributed by atoms with E-state index in [1.165, 1.54) is 4.68 Å². The average molecular weight is 343 g/mol. The van der Waals surface area contributed by atoms with Crippen LogP contribution in [0.2, 0.25) is 5.02 Å². The number of hydrogen-bond donors (Lipinski definition) is 1. The Hall–Kier alpha value is -2.86. The number of pyridine rings is 1. The van der Waals surface area contributed by atoms with Gasteiger partial charge in [-0.15, -0.1) is 0 Å². The number of anilines is 1. The van der Waals surface area contributed by atoms with E-state index in [-0.39, 0.29) is 5.91 Å². The van der Waals surface area contributed by atoms with Crippen molar-refractivity contribution < 1.29 is 9.53 Å². The molecule has 2 aromatic heterocycles. The van der Waals surface area contributed by atoms with Gasteiger partial charge in [-0.2, -0.15) is 5.10 Å². The van der Waals surface area contributed by atoms with E-state index >= 15 is 0 Å². The second-order valence-electron chi connectivity index (χ2n) is 5.06. The standard InChI is InChI=1S/C17H15ClN4O2/c1-22-14(7-9-20-22)17(23)21-16-15(6-3-8-19-16)24-11-12-4-2-5-13(18)10-12/h2-10H,11H2,1H3,(H,19,21,23). The number of aryl methyl sites for hydroxylation is 1. The van der Waals surface area contributed by atoms with E-state index in [9.17, 15) is 4.79 Å². The van der Waals surface area contributed by atoms with Crippen LogP contribution in [0.15, 0.2) is 54.9 Å². The van der Waals surface area contributed by atoms with Gasteiger partial charge in [-0.1, -0.05) is 23.7 Å². The molecule has 0 atom stereocenters. The molecule has 7 heteroatoms. The molecule has 0 aliphatic heterocycles. The van der Waals surface area contributed by atoms with Crippen LogP contribution in [0.4, 0.5) is 5.82 Å². The summed E-state index contributed by atoms with van der Waals surface area (Å²) in [4.78, 5) is 16.5. The molecule has 0 radical (unpaired) electrons. The van der Waals surface area contributed by atoms with Gasteiger partial charge in [-0.25, -0.2) is 4.98 Å². The number of amides is 1. The molecule has 3 aromatic rings. The Morgan fingerprint density at radius 3 is 2.88 bits per heavy atom. The van der Waals surface area contributed by atoms with E-state index in [4.69, 9.17) is 16.3 Å². The van der Waals surface area contributed by atoms with Crippen LogP contribution >= 0.6 is 11.6 Å². The maximum atomic E-state index is 12.3. The lowest BCUT2D eigenvalue weighted by Gasteiger charge is -2.11. The quantitative estimate of drug-likeness (QED) is 0.772. The first-order valence-corrected chi connectivity index (χ1v) is 7.63. The predicted octanol–water partition coefficient (Wildman–Crippen LogP) is 3.30. The molecule has 1 aromatic carbocycles. The summed E-state index contributed by atoms with van der Waals surface area (Å²) in [6, 6.07) is 12.5. The van der Waals surface area contributed by atoms with E-state index in [0.29, 0.717) is 28.9 Å². The first kappa shape index (κ1) is 16.0. The zero-order valence-corrected chi connectivity index (χ0v) is 13.7. The highest BCUT2D eigenvalue weighted by Crippen LogP contribution is 2.23. The number of aromatic nitrogens is 3. The van der Waals surface area contributed by atoms with Crippen molar-refractivity contribution in [2.45, 2.75) is 6.61 Å². The van der Waals surface area contributed by atoms with Gasteiger partial charge in [0.2, 0.25) is 0 Å². The normalized spacial score (nSPS) is 10.4. The van der Waals surface area contributed by atoms with Crippen LogP contribution in [0.25, 0.3) is 0 Å². The van der Waals surface area contributed by atoms with Crippen molar-refractivity contribution in [3.63, 3.8) is 0 Å². The van der Waals surface area contributed by atoms with Gasteiger partial charge in [0.05, 0.1) is 0 Å². The fourth-order valence-corrected chi connectivity index (χ4v) is 2.37. The molecule has 0 unspecified atom stereocenters. The first-order valence-electron chi connectivity index (χ1n) is 7.25. The number of benzene rings is 1. The van der Waals surface area contributed by atoms with E-state index in [0.717, 1.165) is 5.56 Å². The van der Waals surface area contributed by atoms with Gasteiger partial charge >= 0.3 is 0 Å². The summed E-state index contributed by atoms with van der Waals surface area (Å²) in [6.07, 6.45) is 3.15. The maximum absolute atomic E-state index is 12.3. The highest BCUT2D eigenvalue weighted by atomic mass is 35.5. The Kier molecular flexibility index (Phi) is 4.77. The van der Waals surface area contributed by atoms with Crippen molar-refractivity contribution in [1.29, 1.82) is 0 Å². The number of ether oxygens (including phenoxy) is 1. The third kappa shape index (κ3) is 3.72. The molecule has 0 bridgehead atoms. The SMILES string of the molecule is Cn1nccc1C(=O)Nc1ncccc1OCc1cccc(Cl)c1. The number of rotatable bonds is 5. The van der Waals surface area contributed by atoms with E-state index in [2.05, 4.69) is 15.4 Å². The van der Waals surface area contributed by atoms with Gasteiger partial charge in [0.25, 0.3) is 5.91 Å². The lowest BCUT2D eigenvalue weighted by atomic mass is 10.2. The molecule has 3 rings (SSSR count). The van der Waals surface area contributed by atoms with Gasteiger partial charge in [0.15, 0.2) is 11.6 Å². The summed E-state index contributed by atoms with van der Waals surface area (Å²) in [5.74, 6) is 0.528. The van der Waals surface area contributed by atoms with Crippen molar-refractivity contribution >= 4 is 23.3 Å². The van der Waals surface area contributed by atoms with Crippen LogP contribution in [-0.2, 0) is 13.7 Å². The van der Waals surface area contributed by atoms with Crippen LogP contribution in [-0.4, -0.2) is 20.7 Å². The first-order chi connectivity index (χ1) is 11.6. The van der Waals surface area contributed by atoms with Gasteiger partial charge in [0, 0.05) is 24.5 Å². The number of nitrogens with zero attached hydrogens (tertiary/aromatic N) is 3. The minimum Gasteiger partial charge on any atom is -0.485 e. The molecule has 0 spiro atoms. The summed E-state index contributed by atoms with van der Waals surface area (Å²) < 4.78 is 7.26. The second-order valence-corrected chi connectivity index (χ2v) is 5.50.